The molecule has 19 heavy (non-hydrogen) atoms. The third kappa shape index (κ3) is 3.13. The lowest BCUT2D eigenvalue weighted by Gasteiger charge is -2.18. The molecule has 3 N–H and O–H groups in total. The Bertz CT molecular complexity index is 524. The molecule has 6 heteroatoms. The van der Waals surface area contributed by atoms with Crippen LogP contribution in [-0.2, 0) is 4.79 Å². The molecule has 0 bridgehead atoms. The highest BCUT2D eigenvalue weighted by Gasteiger charge is 2.33. The number of H-pyrrole nitrogens is 1. The van der Waals surface area contributed by atoms with Gasteiger partial charge in [0.1, 0.15) is 11.6 Å². The lowest BCUT2D eigenvalue weighted by molar-refractivity contribution is -0.141. The summed E-state index contributed by atoms with van der Waals surface area (Å²) in [6, 6.07) is 1.23. The number of carbonyl (C=O) groups is 1. The van der Waals surface area contributed by atoms with Gasteiger partial charge in [0.15, 0.2) is 0 Å². The van der Waals surface area contributed by atoms with Crippen molar-refractivity contribution in [2.45, 2.75) is 45.1 Å². The number of rotatable bonds is 4. The minimum absolute atomic E-state index is 0.119. The van der Waals surface area contributed by atoms with Crippen molar-refractivity contribution >= 4 is 11.8 Å². The van der Waals surface area contributed by atoms with Gasteiger partial charge in [-0.1, -0.05) is 20.3 Å². The Balaban J connectivity index is 2.19. The summed E-state index contributed by atoms with van der Waals surface area (Å²) in [6.45, 7) is 3.88. The molecule has 1 fully saturated rings. The van der Waals surface area contributed by atoms with Crippen molar-refractivity contribution in [1.29, 1.82) is 0 Å². The predicted molar refractivity (Wildman–Crippen MR) is 71.3 cm³/mol. The molecule has 6 nitrogen and oxygen atoms in total. The largest absolute Gasteiger partial charge is 0.481 e. The molecule has 1 aromatic heterocycles. The number of aromatic amines is 1. The molecule has 0 spiro atoms. The van der Waals surface area contributed by atoms with E-state index in [1.54, 1.807) is 0 Å². The molecule has 1 heterocycles. The highest BCUT2D eigenvalue weighted by molar-refractivity contribution is 5.72. The molecule has 0 amide bonds. The Morgan fingerprint density at radius 1 is 1.53 bits per heavy atom. The molecule has 1 saturated carbocycles. The first-order valence-corrected chi connectivity index (χ1v) is 6.58. The van der Waals surface area contributed by atoms with Crippen LogP contribution in [0.1, 0.15) is 44.9 Å². The number of nitrogens with one attached hydrogen (secondary N) is 2. The van der Waals surface area contributed by atoms with Crippen molar-refractivity contribution in [1.82, 2.24) is 9.97 Å². The summed E-state index contributed by atoms with van der Waals surface area (Å²) in [5, 5.41) is 12.2. The normalized spacial score (nSPS) is 22.7. The molecule has 2 atom stereocenters. The van der Waals surface area contributed by atoms with Crippen LogP contribution in [0.4, 0.5) is 5.82 Å². The fourth-order valence-electron chi connectivity index (χ4n) is 2.44. The second-order valence-corrected chi connectivity index (χ2v) is 5.30. The van der Waals surface area contributed by atoms with E-state index in [4.69, 9.17) is 5.11 Å². The van der Waals surface area contributed by atoms with E-state index >= 15 is 0 Å². The van der Waals surface area contributed by atoms with Gasteiger partial charge in [-0.25, -0.2) is 4.98 Å². The summed E-state index contributed by atoms with van der Waals surface area (Å²) in [4.78, 5) is 29.7. The van der Waals surface area contributed by atoms with Gasteiger partial charge in [0, 0.05) is 18.0 Å². The quantitative estimate of drug-likeness (QED) is 0.768. The van der Waals surface area contributed by atoms with E-state index in [0.29, 0.717) is 18.1 Å². The Labute approximate surface area is 111 Å². The van der Waals surface area contributed by atoms with Gasteiger partial charge in [0.05, 0.1) is 5.92 Å². The zero-order valence-corrected chi connectivity index (χ0v) is 11.1. The monoisotopic (exact) mass is 265 g/mol. The zero-order chi connectivity index (χ0) is 14.0. The van der Waals surface area contributed by atoms with E-state index in [9.17, 15) is 9.59 Å². The number of anilines is 1. The van der Waals surface area contributed by atoms with Crippen LogP contribution in [0.25, 0.3) is 0 Å². The number of hydrogen-bond acceptors (Lipinski definition) is 4. The number of aliphatic carboxylic acids is 1. The molecule has 1 aliphatic rings. The average molecular weight is 265 g/mol. The van der Waals surface area contributed by atoms with Gasteiger partial charge in [0.2, 0.25) is 0 Å². The lowest BCUT2D eigenvalue weighted by Crippen LogP contribution is -2.31. The third-order valence-electron chi connectivity index (χ3n) is 3.47. The molecular formula is C13H19N3O3. The van der Waals surface area contributed by atoms with E-state index < -0.39 is 11.9 Å². The first-order chi connectivity index (χ1) is 8.97. The first kappa shape index (κ1) is 13.6. The van der Waals surface area contributed by atoms with Crippen LogP contribution in [0.5, 0.6) is 0 Å². The van der Waals surface area contributed by atoms with Gasteiger partial charge in [0.25, 0.3) is 5.56 Å². The fourth-order valence-corrected chi connectivity index (χ4v) is 2.44. The van der Waals surface area contributed by atoms with Crippen LogP contribution in [-0.4, -0.2) is 27.1 Å². The van der Waals surface area contributed by atoms with E-state index in [-0.39, 0.29) is 17.5 Å². The standard InChI is InChI=1S/C13H19N3O3/c1-7(2)12-15-10(6-11(17)16-12)14-9-5-3-4-8(9)13(18)19/h6-9H,3-5H2,1-2H3,(H,18,19)(H2,14,15,16,17). The summed E-state index contributed by atoms with van der Waals surface area (Å²) in [7, 11) is 0. The average Bonchev–Trinajstić information content (AvgIpc) is 2.76. The van der Waals surface area contributed by atoms with Crippen LogP contribution in [0, 0.1) is 5.92 Å². The predicted octanol–water partition coefficient (Wildman–Crippen LogP) is 1.56. The van der Waals surface area contributed by atoms with Gasteiger partial charge in [-0.05, 0) is 12.8 Å². The fraction of sp³-hybridized carbons (Fsp3) is 0.615. The maximum absolute atomic E-state index is 11.6. The Morgan fingerprint density at radius 2 is 2.26 bits per heavy atom. The van der Waals surface area contributed by atoms with E-state index in [1.165, 1.54) is 6.07 Å². The number of carboxylic acids is 1. The highest BCUT2D eigenvalue weighted by Crippen LogP contribution is 2.28. The molecule has 0 aromatic carbocycles. The molecule has 2 unspecified atom stereocenters. The molecule has 1 aromatic rings. The Kier molecular flexibility index (Phi) is 3.87. The van der Waals surface area contributed by atoms with Crippen molar-refractivity contribution in [2.24, 2.45) is 5.92 Å². The third-order valence-corrected chi connectivity index (χ3v) is 3.47. The second kappa shape index (κ2) is 5.42. The topological polar surface area (TPSA) is 95.1 Å². The number of carboxylic acid groups (broad SMARTS) is 1. The van der Waals surface area contributed by atoms with Crippen molar-refractivity contribution in [2.75, 3.05) is 5.32 Å². The summed E-state index contributed by atoms with van der Waals surface area (Å²) in [5.41, 5.74) is -0.217. The van der Waals surface area contributed by atoms with Crippen LogP contribution >= 0.6 is 0 Å². The molecule has 2 rings (SSSR count). The Hall–Kier alpha value is -1.85. The number of aromatic nitrogens is 2. The summed E-state index contributed by atoms with van der Waals surface area (Å²) in [5.74, 6) is 0.00582. The maximum atomic E-state index is 11.6. The summed E-state index contributed by atoms with van der Waals surface area (Å²) >= 11 is 0. The van der Waals surface area contributed by atoms with Gasteiger partial charge < -0.3 is 15.4 Å². The molecule has 0 radical (unpaired) electrons. The highest BCUT2D eigenvalue weighted by atomic mass is 16.4. The minimum Gasteiger partial charge on any atom is -0.481 e. The van der Waals surface area contributed by atoms with Crippen LogP contribution in [0.3, 0.4) is 0 Å². The van der Waals surface area contributed by atoms with Gasteiger partial charge in [-0.3, -0.25) is 9.59 Å². The van der Waals surface area contributed by atoms with Crippen molar-refractivity contribution in [3.63, 3.8) is 0 Å². The molecule has 0 saturated heterocycles. The number of nitrogens with zero attached hydrogens (tertiary/aromatic N) is 1. The van der Waals surface area contributed by atoms with Gasteiger partial charge >= 0.3 is 5.97 Å². The first-order valence-electron chi connectivity index (χ1n) is 6.58. The minimum atomic E-state index is -0.788. The number of hydrogen-bond donors (Lipinski definition) is 3. The zero-order valence-electron chi connectivity index (χ0n) is 11.1. The Morgan fingerprint density at radius 3 is 2.89 bits per heavy atom. The van der Waals surface area contributed by atoms with E-state index in [2.05, 4.69) is 15.3 Å². The van der Waals surface area contributed by atoms with Gasteiger partial charge in [-0.2, -0.15) is 0 Å². The SMILES string of the molecule is CC(C)c1nc(NC2CCCC2C(=O)O)cc(=O)[nH]1. The second-order valence-electron chi connectivity index (χ2n) is 5.30. The van der Waals surface area contributed by atoms with Crippen LogP contribution in [0.15, 0.2) is 10.9 Å². The van der Waals surface area contributed by atoms with E-state index in [0.717, 1.165) is 12.8 Å². The molecular weight excluding hydrogens is 246 g/mol. The van der Waals surface area contributed by atoms with Crippen molar-refractivity contribution < 1.29 is 9.90 Å². The van der Waals surface area contributed by atoms with Crippen molar-refractivity contribution in [3.05, 3.63) is 22.2 Å². The van der Waals surface area contributed by atoms with Gasteiger partial charge in [-0.15, -0.1) is 0 Å². The molecule has 0 aliphatic heterocycles. The lowest BCUT2D eigenvalue weighted by atomic mass is 10.0. The smallest absolute Gasteiger partial charge is 0.308 e. The van der Waals surface area contributed by atoms with Crippen LogP contribution < -0.4 is 10.9 Å². The maximum Gasteiger partial charge on any atom is 0.308 e. The summed E-state index contributed by atoms with van der Waals surface area (Å²) in [6.07, 6.45) is 2.35. The van der Waals surface area contributed by atoms with E-state index in [1.807, 2.05) is 13.8 Å². The summed E-state index contributed by atoms with van der Waals surface area (Å²) < 4.78 is 0. The molecule has 1 aliphatic carbocycles. The van der Waals surface area contributed by atoms with Crippen LogP contribution in [0.2, 0.25) is 0 Å². The molecule has 104 valence electrons. The van der Waals surface area contributed by atoms with Crippen molar-refractivity contribution in [3.8, 4) is 0 Å².